The molecule has 25 heavy (non-hydrogen) atoms. The lowest BCUT2D eigenvalue weighted by atomic mass is 10.1. The van der Waals surface area contributed by atoms with Gasteiger partial charge in [-0.3, -0.25) is 4.79 Å². The molecule has 0 fully saturated rings. The van der Waals surface area contributed by atoms with Crippen LogP contribution in [0.3, 0.4) is 0 Å². The molecule has 0 aliphatic rings. The molecule has 0 spiro atoms. The molecule has 1 heterocycles. The van der Waals surface area contributed by atoms with E-state index >= 15 is 0 Å². The van der Waals surface area contributed by atoms with E-state index in [1.54, 1.807) is 0 Å². The van der Waals surface area contributed by atoms with Gasteiger partial charge in [-0.2, -0.15) is 0 Å². The van der Waals surface area contributed by atoms with Crippen molar-refractivity contribution in [2.24, 2.45) is 0 Å². The molecular formula is C19H17BrN4O. The highest BCUT2D eigenvalue weighted by molar-refractivity contribution is 9.10. The lowest BCUT2D eigenvalue weighted by Crippen LogP contribution is -2.13. The number of hydrogen-bond acceptors (Lipinski definition) is 4. The Balaban J connectivity index is 1.64. The summed E-state index contributed by atoms with van der Waals surface area (Å²) >= 11 is 3.39. The first kappa shape index (κ1) is 17.1. The predicted molar refractivity (Wildman–Crippen MR) is 103 cm³/mol. The van der Waals surface area contributed by atoms with Gasteiger partial charge in [0.05, 0.1) is 5.56 Å². The maximum absolute atomic E-state index is 12.3. The molecule has 126 valence electrons. The fraction of sp³-hybridized carbons (Fsp3) is 0.105. The molecule has 2 aromatic carbocycles. The van der Waals surface area contributed by atoms with Crippen molar-refractivity contribution in [1.82, 2.24) is 9.97 Å². The van der Waals surface area contributed by atoms with E-state index in [9.17, 15) is 4.79 Å². The van der Waals surface area contributed by atoms with Gasteiger partial charge in [0.15, 0.2) is 0 Å². The van der Waals surface area contributed by atoms with Gasteiger partial charge in [0.25, 0.3) is 5.91 Å². The molecule has 1 aromatic heterocycles. The van der Waals surface area contributed by atoms with Crippen molar-refractivity contribution in [2.75, 3.05) is 10.6 Å². The molecular weight excluding hydrogens is 380 g/mol. The highest BCUT2D eigenvalue weighted by Crippen LogP contribution is 2.17. The fourth-order valence-corrected chi connectivity index (χ4v) is 2.46. The molecule has 0 saturated heterocycles. The number of aryl methyl sites for hydroxylation is 1. The summed E-state index contributed by atoms with van der Waals surface area (Å²) in [6.07, 6.45) is 3.97. The molecule has 1 amide bonds. The van der Waals surface area contributed by atoms with Crippen molar-refractivity contribution < 1.29 is 4.79 Å². The topological polar surface area (TPSA) is 66.9 Å². The Kier molecular flexibility index (Phi) is 5.40. The van der Waals surface area contributed by atoms with Crippen LogP contribution in [0.25, 0.3) is 0 Å². The molecule has 0 atom stereocenters. The monoisotopic (exact) mass is 396 g/mol. The van der Waals surface area contributed by atoms with E-state index in [1.165, 1.54) is 18.0 Å². The lowest BCUT2D eigenvalue weighted by molar-refractivity contribution is 0.102. The Bertz CT molecular complexity index is 846. The van der Waals surface area contributed by atoms with Crippen LogP contribution in [0.2, 0.25) is 0 Å². The molecule has 0 saturated carbocycles. The van der Waals surface area contributed by atoms with Crippen LogP contribution in [-0.4, -0.2) is 15.9 Å². The average molecular weight is 397 g/mol. The number of halogens is 1. The highest BCUT2D eigenvalue weighted by Gasteiger charge is 2.08. The first-order chi connectivity index (χ1) is 12.1. The van der Waals surface area contributed by atoms with Gasteiger partial charge in [-0.15, -0.1) is 0 Å². The van der Waals surface area contributed by atoms with Gasteiger partial charge in [0.1, 0.15) is 0 Å². The molecule has 3 aromatic rings. The summed E-state index contributed by atoms with van der Waals surface area (Å²) in [5.74, 6) is 0.200. The average Bonchev–Trinajstić information content (AvgIpc) is 2.65. The van der Waals surface area contributed by atoms with Crippen molar-refractivity contribution in [3.63, 3.8) is 0 Å². The standard InChI is InChI=1S/C19H17BrN4O/c1-2-13-3-7-16(8-4-13)23-18(25)14-11-21-19(22-12-14)24-17-9-5-15(20)6-10-17/h3-12H,2H2,1H3,(H,23,25)(H,21,22,24). The number of carbonyl (C=O) groups excluding carboxylic acids is 1. The van der Waals surface area contributed by atoms with Gasteiger partial charge in [0, 0.05) is 28.2 Å². The summed E-state index contributed by atoms with van der Waals surface area (Å²) in [7, 11) is 0. The first-order valence-electron chi connectivity index (χ1n) is 7.89. The van der Waals surface area contributed by atoms with Crippen molar-refractivity contribution in [3.8, 4) is 0 Å². The summed E-state index contributed by atoms with van der Waals surface area (Å²) < 4.78 is 0.998. The van der Waals surface area contributed by atoms with E-state index in [1.807, 2.05) is 48.5 Å². The molecule has 5 nitrogen and oxygen atoms in total. The van der Waals surface area contributed by atoms with E-state index in [2.05, 4.69) is 43.5 Å². The number of hydrogen-bond donors (Lipinski definition) is 2. The van der Waals surface area contributed by atoms with Crippen molar-refractivity contribution >= 4 is 39.2 Å². The van der Waals surface area contributed by atoms with Crippen LogP contribution in [0.5, 0.6) is 0 Å². The number of nitrogens with one attached hydrogen (secondary N) is 2. The number of nitrogens with zero attached hydrogens (tertiary/aromatic N) is 2. The minimum atomic E-state index is -0.237. The van der Waals surface area contributed by atoms with Crippen molar-refractivity contribution in [1.29, 1.82) is 0 Å². The van der Waals surface area contributed by atoms with Crippen LogP contribution in [-0.2, 0) is 6.42 Å². The van der Waals surface area contributed by atoms with Gasteiger partial charge in [-0.1, -0.05) is 35.0 Å². The molecule has 0 unspecified atom stereocenters. The van der Waals surface area contributed by atoms with E-state index in [-0.39, 0.29) is 5.91 Å². The molecule has 0 bridgehead atoms. The summed E-state index contributed by atoms with van der Waals surface area (Å²) in [5.41, 5.74) is 3.25. The second-order valence-electron chi connectivity index (χ2n) is 5.43. The van der Waals surface area contributed by atoms with Gasteiger partial charge in [-0.05, 0) is 48.4 Å². The smallest absolute Gasteiger partial charge is 0.258 e. The van der Waals surface area contributed by atoms with Gasteiger partial charge in [0.2, 0.25) is 5.95 Å². The summed E-state index contributed by atoms with van der Waals surface area (Å²) in [6.45, 7) is 2.09. The maximum Gasteiger partial charge on any atom is 0.258 e. The third-order valence-corrected chi connectivity index (χ3v) is 4.16. The second-order valence-corrected chi connectivity index (χ2v) is 6.35. The molecule has 3 rings (SSSR count). The van der Waals surface area contributed by atoms with Crippen LogP contribution >= 0.6 is 15.9 Å². The predicted octanol–water partition coefficient (Wildman–Crippen LogP) is 4.80. The minimum absolute atomic E-state index is 0.237. The second kappa shape index (κ2) is 7.90. The van der Waals surface area contributed by atoms with Crippen LogP contribution < -0.4 is 10.6 Å². The fourth-order valence-electron chi connectivity index (χ4n) is 2.20. The minimum Gasteiger partial charge on any atom is -0.324 e. The summed E-state index contributed by atoms with van der Waals surface area (Å²) in [4.78, 5) is 20.6. The Morgan fingerprint density at radius 3 is 2.16 bits per heavy atom. The SMILES string of the molecule is CCc1ccc(NC(=O)c2cnc(Nc3ccc(Br)cc3)nc2)cc1. The maximum atomic E-state index is 12.3. The zero-order chi connectivity index (χ0) is 17.6. The molecule has 0 aliphatic carbocycles. The zero-order valence-electron chi connectivity index (χ0n) is 13.7. The Hall–Kier alpha value is -2.73. The van der Waals surface area contributed by atoms with E-state index in [0.717, 1.165) is 22.3 Å². The molecule has 2 N–H and O–H groups in total. The zero-order valence-corrected chi connectivity index (χ0v) is 15.2. The number of amides is 1. The molecule has 0 aliphatic heterocycles. The number of aromatic nitrogens is 2. The summed E-state index contributed by atoms with van der Waals surface area (Å²) in [5, 5.41) is 5.93. The van der Waals surface area contributed by atoms with Crippen molar-refractivity contribution in [3.05, 3.63) is 76.5 Å². The first-order valence-corrected chi connectivity index (χ1v) is 8.68. The van der Waals surface area contributed by atoms with Gasteiger partial charge >= 0.3 is 0 Å². The molecule has 0 radical (unpaired) electrons. The van der Waals surface area contributed by atoms with E-state index < -0.39 is 0 Å². The van der Waals surface area contributed by atoms with Crippen LogP contribution in [0, 0.1) is 0 Å². The number of carbonyl (C=O) groups is 1. The Morgan fingerprint density at radius 2 is 1.56 bits per heavy atom. The van der Waals surface area contributed by atoms with Crippen LogP contribution in [0.15, 0.2) is 65.4 Å². The lowest BCUT2D eigenvalue weighted by Gasteiger charge is -2.07. The molecule has 6 heteroatoms. The van der Waals surface area contributed by atoms with E-state index in [0.29, 0.717) is 11.5 Å². The van der Waals surface area contributed by atoms with E-state index in [4.69, 9.17) is 0 Å². The van der Waals surface area contributed by atoms with Gasteiger partial charge in [-0.25, -0.2) is 9.97 Å². The Morgan fingerprint density at radius 1 is 0.960 bits per heavy atom. The van der Waals surface area contributed by atoms with Crippen LogP contribution in [0.1, 0.15) is 22.8 Å². The number of benzene rings is 2. The number of anilines is 3. The quantitative estimate of drug-likeness (QED) is 0.649. The Labute approximate surface area is 154 Å². The third-order valence-electron chi connectivity index (χ3n) is 3.63. The van der Waals surface area contributed by atoms with Crippen molar-refractivity contribution in [2.45, 2.75) is 13.3 Å². The van der Waals surface area contributed by atoms with Crippen LogP contribution in [0.4, 0.5) is 17.3 Å². The van der Waals surface area contributed by atoms with Gasteiger partial charge < -0.3 is 10.6 Å². The third kappa shape index (κ3) is 4.64. The number of rotatable bonds is 5. The highest BCUT2D eigenvalue weighted by atomic mass is 79.9. The normalized spacial score (nSPS) is 10.3. The largest absolute Gasteiger partial charge is 0.324 e. The summed E-state index contributed by atoms with van der Waals surface area (Å²) in [6, 6.07) is 15.4.